The van der Waals surface area contributed by atoms with E-state index in [4.69, 9.17) is 16.3 Å². The second-order valence-corrected chi connectivity index (χ2v) is 5.75. The smallest absolute Gasteiger partial charge is 0.251 e. The molecule has 120 valence electrons. The van der Waals surface area contributed by atoms with E-state index in [9.17, 15) is 4.79 Å². The summed E-state index contributed by atoms with van der Waals surface area (Å²) >= 11 is 5.82. The van der Waals surface area contributed by atoms with Crippen LogP contribution < -0.4 is 10.2 Å². The molecule has 23 heavy (non-hydrogen) atoms. The van der Waals surface area contributed by atoms with E-state index in [2.05, 4.69) is 15.2 Å². The molecule has 1 aliphatic heterocycles. The Balaban J connectivity index is 1.55. The molecule has 0 spiro atoms. The van der Waals surface area contributed by atoms with Crippen LogP contribution in [0.5, 0.6) is 0 Å². The third-order valence-electron chi connectivity index (χ3n) is 3.70. The molecular formula is C17H18ClN3O2. The average Bonchev–Trinajstić information content (AvgIpc) is 2.61. The molecule has 0 bridgehead atoms. The van der Waals surface area contributed by atoms with Crippen molar-refractivity contribution in [3.63, 3.8) is 0 Å². The fraction of sp³-hybridized carbons (Fsp3) is 0.294. The number of ether oxygens (including phenoxy) is 1. The Morgan fingerprint density at radius 2 is 1.91 bits per heavy atom. The maximum absolute atomic E-state index is 12.0. The van der Waals surface area contributed by atoms with Crippen molar-refractivity contribution in [2.75, 3.05) is 31.2 Å². The zero-order chi connectivity index (χ0) is 16.1. The van der Waals surface area contributed by atoms with Crippen molar-refractivity contribution in [2.45, 2.75) is 6.54 Å². The number of halogens is 1. The molecule has 1 amide bonds. The molecule has 3 rings (SSSR count). The number of carbonyl (C=O) groups is 1. The van der Waals surface area contributed by atoms with Gasteiger partial charge in [0.05, 0.1) is 13.2 Å². The third kappa shape index (κ3) is 4.21. The lowest BCUT2D eigenvalue weighted by molar-refractivity contribution is 0.0951. The molecule has 0 unspecified atom stereocenters. The fourth-order valence-corrected chi connectivity index (χ4v) is 2.51. The van der Waals surface area contributed by atoms with Gasteiger partial charge in [0.25, 0.3) is 5.91 Å². The summed E-state index contributed by atoms with van der Waals surface area (Å²) in [5.74, 6) is 0.819. The van der Waals surface area contributed by atoms with E-state index >= 15 is 0 Å². The number of anilines is 1. The second kappa shape index (κ2) is 7.44. The van der Waals surface area contributed by atoms with Crippen molar-refractivity contribution in [1.82, 2.24) is 10.3 Å². The number of amides is 1. The van der Waals surface area contributed by atoms with Crippen LogP contribution in [0.25, 0.3) is 0 Å². The van der Waals surface area contributed by atoms with Crippen LogP contribution in [-0.2, 0) is 11.3 Å². The Labute approximate surface area is 140 Å². The molecule has 0 aliphatic carbocycles. The Morgan fingerprint density at radius 3 is 2.57 bits per heavy atom. The summed E-state index contributed by atoms with van der Waals surface area (Å²) in [6.07, 6.45) is 1.80. The maximum Gasteiger partial charge on any atom is 0.251 e. The summed E-state index contributed by atoms with van der Waals surface area (Å²) in [6.45, 7) is 3.64. The van der Waals surface area contributed by atoms with Gasteiger partial charge in [0, 0.05) is 36.4 Å². The van der Waals surface area contributed by atoms with E-state index in [-0.39, 0.29) is 5.91 Å². The van der Waals surface area contributed by atoms with Crippen LogP contribution in [0, 0.1) is 0 Å². The van der Waals surface area contributed by atoms with Crippen molar-refractivity contribution in [3.05, 3.63) is 58.7 Å². The molecule has 6 heteroatoms. The number of rotatable bonds is 4. The van der Waals surface area contributed by atoms with Crippen molar-refractivity contribution in [1.29, 1.82) is 0 Å². The number of hydrogen-bond donors (Lipinski definition) is 1. The lowest BCUT2D eigenvalue weighted by Gasteiger charge is -2.27. The highest BCUT2D eigenvalue weighted by Crippen LogP contribution is 2.13. The molecule has 2 aromatic rings. The monoisotopic (exact) mass is 331 g/mol. The minimum absolute atomic E-state index is 0.126. The zero-order valence-corrected chi connectivity index (χ0v) is 13.4. The number of carbonyl (C=O) groups excluding carboxylic acids is 1. The van der Waals surface area contributed by atoms with Gasteiger partial charge in [-0.1, -0.05) is 17.7 Å². The van der Waals surface area contributed by atoms with Gasteiger partial charge in [0.15, 0.2) is 0 Å². The largest absolute Gasteiger partial charge is 0.378 e. The van der Waals surface area contributed by atoms with Crippen LogP contribution in [0.15, 0.2) is 42.6 Å². The van der Waals surface area contributed by atoms with E-state index in [1.807, 2.05) is 12.1 Å². The highest BCUT2D eigenvalue weighted by atomic mass is 35.5. The summed E-state index contributed by atoms with van der Waals surface area (Å²) in [4.78, 5) is 18.7. The van der Waals surface area contributed by atoms with E-state index in [1.54, 1.807) is 30.5 Å². The standard InChI is InChI=1S/C17H18ClN3O2/c18-15-4-2-14(3-5-15)17(22)20-12-13-1-6-16(19-11-13)21-7-9-23-10-8-21/h1-6,11H,7-10,12H2,(H,20,22). The summed E-state index contributed by atoms with van der Waals surface area (Å²) in [5, 5.41) is 3.49. The number of benzene rings is 1. The van der Waals surface area contributed by atoms with Crippen molar-refractivity contribution in [3.8, 4) is 0 Å². The van der Waals surface area contributed by atoms with Crippen LogP contribution in [-0.4, -0.2) is 37.2 Å². The van der Waals surface area contributed by atoms with E-state index in [0.29, 0.717) is 17.1 Å². The van der Waals surface area contributed by atoms with Crippen LogP contribution >= 0.6 is 11.6 Å². The lowest BCUT2D eigenvalue weighted by atomic mass is 10.2. The third-order valence-corrected chi connectivity index (χ3v) is 3.96. The Hall–Kier alpha value is -2.11. The molecule has 1 fully saturated rings. The normalized spacial score (nSPS) is 14.6. The average molecular weight is 332 g/mol. The Morgan fingerprint density at radius 1 is 1.17 bits per heavy atom. The van der Waals surface area contributed by atoms with Gasteiger partial charge in [0.2, 0.25) is 0 Å². The van der Waals surface area contributed by atoms with Gasteiger partial charge in [-0.3, -0.25) is 4.79 Å². The number of nitrogens with one attached hydrogen (secondary N) is 1. The Bertz CT molecular complexity index is 653. The number of hydrogen-bond acceptors (Lipinski definition) is 4. The van der Waals surface area contributed by atoms with Crippen LogP contribution in [0.4, 0.5) is 5.82 Å². The van der Waals surface area contributed by atoms with Crippen molar-refractivity contribution < 1.29 is 9.53 Å². The number of nitrogens with zero attached hydrogens (tertiary/aromatic N) is 2. The fourth-order valence-electron chi connectivity index (χ4n) is 2.39. The molecule has 1 saturated heterocycles. The lowest BCUT2D eigenvalue weighted by Crippen LogP contribution is -2.36. The zero-order valence-electron chi connectivity index (χ0n) is 12.7. The van der Waals surface area contributed by atoms with Gasteiger partial charge in [-0.2, -0.15) is 0 Å². The van der Waals surface area contributed by atoms with Crippen molar-refractivity contribution in [2.24, 2.45) is 0 Å². The van der Waals surface area contributed by atoms with E-state index < -0.39 is 0 Å². The predicted octanol–water partition coefficient (Wildman–Crippen LogP) is 2.50. The van der Waals surface area contributed by atoms with Gasteiger partial charge < -0.3 is 15.0 Å². The van der Waals surface area contributed by atoms with E-state index in [1.165, 1.54) is 0 Å². The summed E-state index contributed by atoms with van der Waals surface area (Å²) in [7, 11) is 0. The topological polar surface area (TPSA) is 54.5 Å². The van der Waals surface area contributed by atoms with Gasteiger partial charge >= 0.3 is 0 Å². The first-order valence-corrected chi connectivity index (χ1v) is 7.91. The summed E-state index contributed by atoms with van der Waals surface area (Å²) < 4.78 is 5.33. The quantitative estimate of drug-likeness (QED) is 0.935. The molecule has 0 atom stereocenters. The SMILES string of the molecule is O=C(NCc1ccc(N2CCOCC2)nc1)c1ccc(Cl)cc1. The number of aromatic nitrogens is 1. The first-order chi connectivity index (χ1) is 11.2. The second-order valence-electron chi connectivity index (χ2n) is 5.31. The van der Waals surface area contributed by atoms with Gasteiger partial charge in [-0.05, 0) is 35.9 Å². The van der Waals surface area contributed by atoms with Gasteiger partial charge in [0.1, 0.15) is 5.82 Å². The van der Waals surface area contributed by atoms with Crippen LogP contribution in [0.1, 0.15) is 15.9 Å². The molecule has 1 N–H and O–H groups in total. The predicted molar refractivity (Wildman–Crippen MR) is 89.9 cm³/mol. The molecular weight excluding hydrogens is 314 g/mol. The number of pyridine rings is 1. The van der Waals surface area contributed by atoms with E-state index in [0.717, 1.165) is 37.7 Å². The minimum atomic E-state index is -0.126. The Kier molecular flexibility index (Phi) is 5.10. The molecule has 0 saturated carbocycles. The van der Waals surface area contributed by atoms with Gasteiger partial charge in [-0.15, -0.1) is 0 Å². The minimum Gasteiger partial charge on any atom is -0.378 e. The molecule has 1 aromatic carbocycles. The highest BCUT2D eigenvalue weighted by molar-refractivity contribution is 6.30. The summed E-state index contributed by atoms with van der Waals surface area (Å²) in [5.41, 5.74) is 1.55. The van der Waals surface area contributed by atoms with Crippen LogP contribution in [0.3, 0.4) is 0 Å². The molecule has 2 heterocycles. The van der Waals surface area contributed by atoms with Crippen molar-refractivity contribution >= 4 is 23.3 Å². The molecule has 0 radical (unpaired) electrons. The molecule has 5 nitrogen and oxygen atoms in total. The first kappa shape index (κ1) is 15.8. The van der Waals surface area contributed by atoms with Gasteiger partial charge in [-0.25, -0.2) is 4.98 Å². The number of morpholine rings is 1. The molecule has 1 aliphatic rings. The summed E-state index contributed by atoms with van der Waals surface area (Å²) in [6, 6.07) is 10.8. The molecule has 1 aromatic heterocycles. The maximum atomic E-state index is 12.0. The van der Waals surface area contributed by atoms with Crippen LogP contribution in [0.2, 0.25) is 5.02 Å². The first-order valence-electron chi connectivity index (χ1n) is 7.54. The highest BCUT2D eigenvalue weighted by Gasteiger charge is 2.12.